The minimum atomic E-state index is -0.380. The Morgan fingerprint density at radius 2 is 2.00 bits per heavy atom. The van der Waals surface area contributed by atoms with Crippen molar-refractivity contribution in [2.45, 2.75) is 38.1 Å². The second-order valence-corrected chi connectivity index (χ2v) is 4.58. The molecule has 0 heterocycles. The summed E-state index contributed by atoms with van der Waals surface area (Å²) >= 11 is 0. The minimum absolute atomic E-state index is 0.0753. The number of nitrogens with two attached hydrogens (primary N) is 1. The van der Waals surface area contributed by atoms with Crippen LogP contribution < -0.4 is 11.1 Å². The summed E-state index contributed by atoms with van der Waals surface area (Å²) in [6, 6.07) is 9.46. The molecule has 1 amide bonds. The first-order valence-electron chi connectivity index (χ1n) is 6.75. The van der Waals surface area contributed by atoms with Crippen molar-refractivity contribution in [2.75, 3.05) is 6.54 Å². The fourth-order valence-electron chi connectivity index (χ4n) is 1.86. The van der Waals surface area contributed by atoms with E-state index in [-0.39, 0.29) is 11.9 Å². The Labute approximate surface area is 114 Å². The number of benzene rings is 1. The van der Waals surface area contributed by atoms with Crippen molar-refractivity contribution in [1.29, 1.82) is 0 Å². The van der Waals surface area contributed by atoms with Crippen LogP contribution in [-0.2, 0) is 16.0 Å². The molecule has 0 aromatic heterocycles. The molecule has 0 radical (unpaired) electrons. The van der Waals surface area contributed by atoms with E-state index in [1.807, 2.05) is 30.3 Å². The molecule has 1 aromatic rings. The molecule has 0 bridgehead atoms. The molecule has 0 saturated carbocycles. The number of aldehydes is 1. The van der Waals surface area contributed by atoms with Gasteiger partial charge in [-0.15, -0.1) is 0 Å². The van der Waals surface area contributed by atoms with Gasteiger partial charge < -0.3 is 15.8 Å². The van der Waals surface area contributed by atoms with Crippen LogP contribution in [0.4, 0.5) is 0 Å². The lowest BCUT2D eigenvalue weighted by Crippen LogP contribution is -2.36. The van der Waals surface area contributed by atoms with Crippen molar-refractivity contribution in [3.05, 3.63) is 35.9 Å². The first-order chi connectivity index (χ1) is 9.26. The van der Waals surface area contributed by atoms with Crippen molar-refractivity contribution in [2.24, 2.45) is 5.73 Å². The molecule has 0 saturated heterocycles. The van der Waals surface area contributed by atoms with Gasteiger partial charge in [0.2, 0.25) is 5.91 Å². The summed E-state index contributed by atoms with van der Waals surface area (Å²) in [6.45, 7) is 0.619. The van der Waals surface area contributed by atoms with Crippen molar-refractivity contribution < 1.29 is 9.59 Å². The molecule has 104 valence electrons. The third-order valence-corrected chi connectivity index (χ3v) is 2.96. The van der Waals surface area contributed by atoms with Gasteiger partial charge in [0.1, 0.15) is 6.29 Å². The first kappa shape index (κ1) is 15.4. The van der Waals surface area contributed by atoms with Gasteiger partial charge in [0.25, 0.3) is 0 Å². The summed E-state index contributed by atoms with van der Waals surface area (Å²) in [4.78, 5) is 22.6. The quantitative estimate of drug-likeness (QED) is 0.522. The summed E-state index contributed by atoms with van der Waals surface area (Å²) < 4.78 is 0. The maximum Gasteiger partial charge on any atom is 0.220 e. The molecule has 4 heteroatoms. The minimum Gasteiger partial charge on any atom is -0.347 e. The first-order valence-corrected chi connectivity index (χ1v) is 6.75. The van der Waals surface area contributed by atoms with Gasteiger partial charge >= 0.3 is 0 Å². The summed E-state index contributed by atoms with van der Waals surface area (Å²) in [7, 11) is 0. The molecule has 0 aliphatic carbocycles. The highest BCUT2D eigenvalue weighted by molar-refractivity contribution is 5.79. The second-order valence-electron chi connectivity index (χ2n) is 4.58. The van der Waals surface area contributed by atoms with Crippen molar-refractivity contribution in [1.82, 2.24) is 5.32 Å². The zero-order valence-electron chi connectivity index (χ0n) is 11.2. The van der Waals surface area contributed by atoms with E-state index in [2.05, 4.69) is 5.32 Å². The number of amides is 1. The van der Waals surface area contributed by atoms with E-state index in [9.17, 15) is 9.59 Å². The van der Waals surface area contributed by atoms with E-state index in [0.29, 0.717) is 25.8 Å². The number of unbranched alkanes of at least 4 members (excludes halogenated alkanes) is 1. The lowest BCUT2D eigenvalue weighted by Gasteiger charge is -2.12. The number of hydrogen-bond donors (Lipinski definition) is 2. The van der Waals surface area contributed by atoms with Gasteiger partial charge in [-0.3, -0.25) is 4.79 Å². The summed E-state index contributed by atoms with van der Waals surface area (Å²) in [5.74, 6) is -0.0753. The lowest BCUT2D eigenvalue weighted by molar-refractivity contribution is -0.124. The molecule has 0 unspecified atom stereocenters. The fraction of sp³-hybridized carbons (Fsp3) is 0.467. The zero-order chi connectivity index (χ0) is 13.9. The van der Waals surface area contributed by atoms with E-state index in [0.717, 1.165) is 24.7 Å². The average Bonchev–Trinajstić information content (AvgIpc) is 2.45. The van der Waals surface area contributed by atoms with Crippen LogP contribution in [0.1, 0.15) is 31.2 Å². The molecule has 4 nitrogen and oxygen atoms in total. The third kappa shape index (κ3) is 6.72. The Bertz CT molecular complexity index is 379. The predicted octanol–water partition coefficient (Wildman–Crippen LogP) is 1.43. The molecule has 0 fully saturated rings. The van der Waals surface area contributed by atoms with Crippen LogP contribution >= 0.6 is 0 Å². The highest BCUT2D eigenvalue weighted by Crippen LogP contribution is 2.03. The van der Waals surface area contributed by atoms with Gasteiger partial charge in [-0.2, -0.15) is 0 Å². The lowest BCUT2D eigenvalue weighted by atomic mass is 10.1. The normalized spacial score (nSPS) is 11.8. The van der Waals surface area contributed by atoms with Gasteiger partial charge in [0, 0.05) is 6.42 Å². The van der Waals surface area contributed by atoms with Crippen LogP contribution in [0.2, 0.25) is 0 Å². The molecule has 0 aliphatic heterocycles. The van der Waals surface area contributed by atoms with Gasteiger partial charge in [0.15, 0.2) is 0 Å². The van der Waals surface area contributed by atoms with Crippen molar-refractivity contribution in [3.63, 3.8) is 0 Å². The van der Waals surface area contributed by atoms with Crippen LogP contribution in [0.25, 0.3) is 0 Å². The van der Waals surface area contributed by atoms with Gasteiger partial charge in [-0.05, 0) is 37.8 Å². The van der Waals surface area contributed by atoms with E-state index in [1.54, 1.807) is 0 Å². The van der Waals surface area contributed by atoms with E-state index < -0.39 is 0 Å². The topological polar surface area (TPSA) is 72.2 Å². The van der Waals surface area contributed by atoms with Gasteiger partial charge in [-0.25, -0.2) is 0 Å². The van der Waals surface area contributed by atoms with Gasteiger partial charge in [0.05, 0.1) is 6.04 Å². The maximum absolute atomic E-state index is 11.7. The molecular weight excluding hydrogens is 240 g/mol. The SMILES string of the molecule is NCCCC[C@H](C=O)NC(=O)CCc1ccccc1. The highest BCUT2D eigenvalue weighted by atomic mass is 16.2. The van der Waals surface area contributed by atoms with E-state index in [4.69, 9.17) is 5.73 Å². The second kappa shape index (κ2) is 9.28. The Kier molecular flexibility index (Phi) is 7.51. The standard InChI is InChI=1S/C15H22N2O2/c16-11-5-4-8-14(12-18)17-15(19)10-9-13-6-2-1-3-7-13/h1-3,6-7,12,14H,4-5,8-11,16H2,(H,17,19)/t14-/m1/s1. The van der Waals surface area contributed by atoms with Crippen LogP contribution in [0.15, 0.2) is 30.3 Å². The third-order valence-electron chi connectivity index (χ3n) is 2.96. The largest absolute Gasteiger partial charge is 0.347 e. The fourth-order valence-corrected chi connectivity index (χ4v) is 1.86. The average molecular weight is 262 g/mol. The number of rotatable bonds is 9. The van der Waals surface area contributed by atoms with Gasteiger partial charge in [-0.1, -0.05) is 30.3 Å². The van der Waals surface area contributed by atoms with Crippen LogP contribution in [0, 0.1) is 0 Å². The monoisotopic (exact) mass is 262 g/mol. The summed E-state index contributed by atoms with van der Waals surface area (Å²) in [5.41, 5.74) is 6.52. The zero-order valence-corrected chi connectivity index (χ0v) is 11.2. The Balaban J connectivity index is 2.27. The molecule has 1 rings (SSSR count). The Morgan fingerprint density at radius 3 is 2.63 bits per heavy atom. The number of hydrogen-bond acceptors (Lipinski definition) is 3. The van der Waals surface area contributed by atoms with E-state index >= 15 is 0 Å². The van der Waals surface area contributed by atoms with Crippen LogP contribution in [0.5, 0.6) is 0 Å². The number of nitrogens with one attached hydrogen (secondary N) is 1. The molecule has 1 aromatic carbocycles. The molecule has 0 spiro atoms. The Hall–Kier alpha value is -1.68. The predicted molar refractivity (Wildman–Crippen MR) is 75.7 cm³/mol. The van der Waals surface area contributed by atoms with Crippen molar-refractivity contribution in [3.8, 4) is 0 Å². The molecular formula is C15H22N2O2. The number of carbonyl (C=O) groups excluding carboxylic acids is 2. The molecule has 0 aliphatic rings. The van der Waals surface area contributed by atoms with Crippen LogP contribution in [-0.4, -0.2) is 24.8 Å². The van der Waals surface area contributed by atoms with E-state index in [1.165, 1.54) is 0 Å². The number of aryl methyl sites for hydroxylation is 1. The summed E-state index contributed by atoms with van der Waals surface area (Å²) in [5, 5.41) is 2.75. The smallest absolute Gasteiger partial charge is 0.220 e. The number of carbonyl (C=O) groups is 2. The Morgan fingerprint density at radius 1 is 1.26 bits per heavy atom. The molecule has 1 atom stereocenters. The molecule has 3 N–H and O–H groups in total. The van der Waals surface area contributed by atoms with Crippen molar-refractivity contribution >= 4 is 12.2 Å². The summed E-state index contributed by atoms with van der Waals surface area (Å²) in [6.07, 6.45) is 4.31. The molecule has 19 heavy (non-hydrogen) atoms. The maximum atomic E-state index is 11.7. The van der Waals surface area contributed by atoms with Crippen LogP contribution in [0.3, 0.4) is 0 Å². The highest BCUT2D eigenvalue weighted by Gasteiger charge is 2.10.